The summed E-state index contributed by atoms with van der Waals surface area (Å²) in [7, 11) is -1.17. The molecule has 0 unspecified atom stereocenters. The number of aromatic amines is 1. The standard InChI is InChI=1S/C23H25N3O6S/c1-13-21(15(3)27)14(2)24-22(13)23(28)25-17-8-11-19(32-5)20(12-17)33(29,30)26-16-6-9-18(31-4)10-7-16/h6-12,24,26H,1-5H3,(H,25,28). The van der Waals surface area contributed by atoms with Gasteiger partial charge in [0.1, 0.15) is 22.1 Å². The number of hydrogen-bond donors (Lipinski definition) is 3. The third-order valence-corrected chi connectivity index (χ3v) is 6.47. The zero-order valence-corrected chi connectivity index (χ0v) is 19.7. The van der Waals surface area contributed by atoms with Crippen LogP contribution in [0.25, 0.3) is 0 Å². The molecule has 0 aliphatic heterocycles. The summed E-state index contributed by atoms with van der Waals surface area (Å²) in [5, 5.41) is 2.68. The molecule has 174 valence electrons. The van der Waals surface area contributed by atoms with Gasteiger partial charge in [-0.1, -0.05) is 0 Å². The molecule has 0 bridgehead atoms. The van der Waals surface area contributed by atoms with Gasteiger partial charge in [-0.15, -0.1) is 0 Å². The van der Waals surface area contributed by atoms with E-state index >= 15 is 0 Å². The number of nitrogens with one attached hydrogen (secondary N) is 3. The number of ether oxygens (including phenoxy) is 2. The predicted molar refractivity (Wildman–Crippen MR) is 125 cm³/mol. The molecule has 3 N–H and O–H groups in total. The molecule has 0 radical (unpaired) electrons. The molecule has 0 atom stereocenters. The Bertz CT molecular complexity index is 1310. The molecule has 9 nitrogen and oxygen atoms in total. The molecule has 0 saturated heterocycles. The highest BCUT2D eigenvalue weighted by atomic mass is 32.2. The fourth-order valence-electron chi connectivity index (χ4n) is 3.53. The number of Topliss-reactive ketones (excluding diaryl/α,β-unsaturated/α-hetero) is 1. The number of aryl methyl sites for hydroxylation is 1. The number of sulfonamides is 1. The third kappa shape index (κ3) is 5.01. The molecule has 1 amide bonds. The Balaban J connectivity index is 1.91. The molecule has 1 heterocycles. The summed E-state index contributed by atoms with van der Waals surface area (Å²) in [6, 6.07) is 10.7. The van der Waals surface area contributed by atoms with Crippen LogP contribution < -0.4 is 19.5 Å². The SMILES string of the molecule is COc1ccc(NS(=O)(=O)c2cc(NC(=O)c3[nH]c(C)c(C(C)=O)c3C)ccc2OC)cc1. The summed E-state index contributed by atoms with van der Waals surface area (Å²) in [5.74, 6) is 0.0465. The van der Waals surface area contributed by atoms with E-state index in [2.05, 4.69) is 15.0 Å². The molecular formula is C23H25N3O6S. The number of ketones is 1. The summed E-state index contributed by atoms with van der Waals surface area (Å²) in [6.45, 7) is 4.82. The molecule has 0 aliphatic carbocycles. The van der Waals surface area contributed by atoms with Crippen molar-refractivity contribution in [2.24, 2.45) is 0 Å². The summed E-state index contributed by atoms with van der Waals surface area (Å²) < 4.78 is 38.9. The highest BCUT2D eigenvalue weighted by Gasteiger charge is 2.23. The second-order valence-electron chi connectivity index (χ2n) is 7.33. The summed E-state index contributed by atoms with van der Waals surface area (Å²) in [5.41, 5.74) is 2.39. The number of H-pyrrole nitrogens is 1. The molecule has 3 aromatic rings. The third-order valence-electron chi connectivity index (χ3n) is 5.07. The number of benzene rings is 2. The van der Waals surface area contributed by atoms with E-state index in [9.17, 15) is 18.0 Å². The number of hydrogen-bond acceptors (Lipinski definition) is 6. The normalized spacial score (nSPS) is 11.1. The van der Waals surface area contributed by atoms with Crippen LogP contribution >= 0.6 is 0 Å². The van der Waals surface area contributed by atoms with Gasteiger partial charge in [0.15, 0.2) is 5.78 Å². The van der Waals surface area contributed by atoms with Gasteiger partial charge in [0, 0.05) is 22.6 Å². The van der Waals surface area contributed by atoms with Gasteiger partial charge in [-0.2, -0.15) is 0 Å². The van der Waals surface area contributed by atoms with Crippen LogP contribution in [0.2, 0.25) is 0 Å². The Labute approximate surface area is 192 Å². The minimum atomic E-state index is -4.04. The lowest BCUT2D eigenvalue weighted by atomic mass is 10.1. The van der Waals surface area contributed by atoms with Crippen LogP contribution in [-0.2, 0) is 10.0 Å². The van der Waals surface area contributed by atoms with E-state index in [1.165, 1.54) is 39.3 Å². The summed E-state index contributed by atoms with van der Waals surface area (Å²) in [4.78, 5) is 27.4. The van der Waals surface area contributed by atoms with Crippen LogP contribution in [0.3, 0.4) is 0 Å². The van der Waals surface area contributed by atoms with Crippen molar-refractivity contribution in [3.63, 3.8) is 0 Å². The topological polar surface area (TPSA) is 127 Å². The van der Waals surface area contributed by atoms with Gasteiger partial charge in [-0.25, -0.2) is 8.42 Å². The van der Waals surface area contributed by atoms with Crippen molar-refractivity contribution in [2.75, 3.05) is 24.3 Å². The van der Waals surface area contributed by atoms with Gasteiger partial charge in [-0.3, -0.25) is 14.3 Å². The molecule has 1 aromatic heterocycles. The lowest BCUT2D eigenvalue weighted by molar-refractivity contribution is 0.101. The lowest BCUT2D eigenvalue weighted by Gasteiger charge is -2.14. The maximum absolute atomic E-state index is 13.0. The highest BCUT2D eigenvalue weighted by molar-refractivity contribution is 7.92. The maximum atomic E-state index is 13.0. The van der Waals surface area contributed by atoms with Gasteiger partial charge in [-0.05, 0) is 68.8 Å². The Morgan fingerprint density at radius 3 is 2.12 bits per heavy atom. The summed E-state index contributed by atoms with van der Waals surface area (Å²) >= 11 is 0. The van der Waals surface area contributed by atoms with Crippen molar-refractivity contribution in [3.8, 4) is 11.5 Å². The molecule has 0 aliphatic rings. The number of carbonyl (C=O) groups is 2. The van der Waals surface area contributed by atoms with Crippen molar-refractivity contribution in [1.82, 2.24) is 4.98 Å². The minimum Gasteiger partial charge on any atom is -0.497 e. The number of amides is 1. The van der Waals surface area contributed by atoms with Crippen LogP contribution in [0.5, 0.6) is 11.5 Å². The maximum Gasteiger partial charge on any atom is 0.272 e. The Hall–Kier alpha value is -3.79. The van der Waals surface area contributed by atoms with Gasteiger partial charge in [0.2, 0.25) is 0 Å². The number of methoxy groups -OCH3 is 2. The predicted octanol–water partition coefficient (Wildman–Crippen LogP) is 3.90. The average molecular weight is 472 g/mol. The molecular weight excluding hydrogens is 446 g/mol. The first-order chi connectivity index (χ1) is 15.6. The van der Waals surface area contributed by atoms with Crippen LogP contribution in [0, 0.1) is 13.8 Å². The molecule has 10 heteroatoms. The smallest absolute Gasteiger partial charge is 0.272 e. The van der Waals surface area contributed by atoms with Crippen LogP contribution in [0.15, 0.2) is 47.4 Å². The van der Waals surface area contributed by atoms with Crippen LogP contribution in [-0.4, -0.2) is 39.3 Å². The molecule has 0 spiro atoms. The number of carbonyl (C=O) groups excluding carboxylic acids is 2. The first-order valence-corrected chi connectivity index (χ1v) is 11.4. The highest BCUT2D eigenvalue weighted by Crippen LogP contribution is 2.30. The average Bonchev–Trinajstić information content (AvgIpc) is 3.08. The summed E-state index contributed by atoms with van der Waals surface area (Å²) in [6.07, 6.45) is 0. The van der Waals surface area contributed by atoms with Crippen LogP contribution in [0.4, 0.5) is 11.4 Å². The fourth-order valence-corrected chi connectivity index (χ4v) is 4.79. The molecule has 0 fully saturated rings. The monoisotopic (exact) mass is 471 g/mol. The van der Waals surface area contributed by atoms with Gasteiger partial charge >= 0.3 is 0 Å². The van der Waals surface area contributed by atoms with Gasteiger partial charge in [0.05, 0.1) is 14.2 Å². The van der Waals surface area contributed by atoms with E-state index in [1.54, 1.807) is 38.1 Å². The van der Waals surface area contributed by atoms with E-state index in [1.807, 2.05) is 0 Å². The number of rotatable bonds is 8. The van der Waals surface area contributed by atoms with E-state index in [0.29, 0.717) is 28.3 Å². The van der Waals surface area contributed by atoms with E-state index in [-0.39, 0.29) is 27.8 Å². The van der Waals surface area contributed by atoms with Crippen LogP contribution in [0.1, 0.15) is 39.0 Å². The Morgan fingerprint density at radius 1 is 0.939 bits per heavy atom. The molecule has 3 rings (SSSR count). The second-order valence-corrected chi connectivity index (χ2v) is 8.99. The Morgan fingerprint density at radius 2 is 1.58 bits per heavy atom. The number of anilines is 2. The zero-order chi connectivity index (χ0) is 24.3. The van der Waals surface area contributed by atoms with Gasteiger partial charge < -0.3 is 19.8 Å². The molecule has 0 saturated carbocycles. The lowest BCUT2D eigenvalue weighted by Crippen LogP contribution is -2.17. The quantitative estimate of drug-likeness (QED) is 0.428. The van der Waals surface area contributed by atoms with Crippen molar-refractivity contribution >= 4 is 33.1 Å². The molecule has 2 aromatic carbocycles. The minimum absolute atomic E-state index is 0.111. The van der Waals surface area contributed by atoms with E-state index < -0.39 is 15.9 Å². The largest absolute Gasteiger partial charge is 0.497 e. The zero-order valence-electron chi connectivity index (χ0n) is 18.9. The van der Waals surface area contributed by atoms with E-state index in [4.69, 9.17) is 9.47 Å². The first-order valence-electron chi connectivity index (χ1n) is 9.93. The molecule has 33 heavy (non-hydrogen) atoms. The number of aromatic nitrogens is 1. The first kappa shape index (κ1) is 23.9. The van der Waals surface area contributed by atoms with Crippen molar-refractivity contribution in [2.45, 2.75) is 25.7 Å². The Kier molecular flexibility index (Phi) is 6.78. The van der Waals surface area contributed by atoms with Crippen molar-refractivity contribution in [3.05, 3.63) is 65.0 Å². The van der Waals surface area contributed by atoms with E-state index in [0.717, 1.165) is 0 Å². The van der Waals surface area contributed by atoms with Crippen molar-refractivity contribution < 1.29 is 27.5 Å². The van der Waals surface area contributed by atoms with Crippen molar-refractivity contribution in [1.29, 1.82) is 0 Å². The fraction of sp³-hybridized carbons (Fsp3) is 0.217. The second kappa shape index (κ2) is 9.37. The van der Waals surface area contributed by atoms with Gasteiger partial charge in [0.25, 0.3) is 15.9 Å².